The first-order chi connectivity index (χ1) is 10.9. The molecule has 0 aromatic carbocycles. The molecule has 1 fully saturated rings. The number of carbonyl (C=O) groups is 1. The first-order valence-electron chi connectivity index (χ1n) is 8.28. The molecule has 0 atom stereocenters. The minimum atomic E-state index is -0.178. The first-order valence-corrected chi connectivity index (χ1v) is 8.28. The number of methoxy groups -OCH3 is 1. The van der Waals surface area contributed by atoms with Gasteiger partial charge in [0.05, 0.1) is 13.7 Å². The third-order valence-electron chi connectivity index (χ3n) is 4.39. The highest BCUT2D eigenvalue weighted by molar-refractivity contribution is 5.71. The molecule has 1 aromatic rings. The fourth-order valence-electron chi connectivity index (χ4n) is 2.93. The molecule has 0 aliphatic carbocycles. The SMILES string of the molecule is COC(=O)CN(C)C1CCN(c2cc(C)nc(C(C)C)n2)CC1. The molecule has 23 heavy (non-hydrogen) atoms. The lowest BCUT2D eigenvalue weighted by Gasteiger charge is -2.37. The van der Waals surface area contributed by atoms with E-state index in [1.807, 2.05) is 14.0 Å². The van der Waals surface area contributed by atoms with Crippen LogP contribution in [0.1, 0.15) is 44.1 Å². The Balaban J connectivity index is 1.98. The molecule has 0 unspecified atom stereocenters. The Morgan fingerprint density at radius 1 is 1.39 bits per heavy atom. The van der Waals surface area contributed by atoms with E-state index in [0.717, 1.165) is 43.3 Å². The van der Waals surface area contributed by atoms with Gasteiger partial charge < -0.3 is 9.64 Å². The molecule has 0 saturated carbocycles. The van der Waals surface area contributed by atoms with Gasteiger partial charge in [0.2, 0.25) is 0 Å². The summed E-state index contributed by atoms with van der Waals surface area (Å²) in [6.07, 6.45) is 2.04. The summed E-state index contributed by atoms with van der Waals surface area (Å²) in [5, 5.41) is 0. The maximum absolute atomic E-state index is 11.4. The zero-order chi connectivity index (χ0) is 17.0. The third kappa shape index (κ3) is 4.64. The number of rotatable bonds is 5. The number of esters is 1. The van der Waals surface area contributed by atoms with Crippen LogP contribution in [0.3, 0.4) is 0 Å². The van der Waals surface area contributed by atoms with Crippen molar-refractivity contribution in [2.75, 3.05) is 38.7 Å². The van der Waals surface area contributed by atoms with Crippen LogP contribution in [0, 0.1) is 6.92 Å². The van der Waals surface area contributed by atoms with Crippen molar-refractivity contribution in [3.63, 3.8) is 0 Å². The van der Waals surface area contributed by atoms with E-state index >= 15 is 0 Å². The first kappa shape index (κ1) is 17.7. The Morgan fingerprint density at radius 2 is 2.04 bits per heavy atom. The van der Waals surface area contributed by atoms with Crippen molar-refractivity contribution in [2.24, 2.45) is 0 Å². The average molecular weight is 320 g/mol. The summed E-state index contributed by atoms with van der Waals surface area (Å²) >= 11 is 0. The molecule has 6 nitrogen and oxygen atoms in total. The molecule has 1 aliphatic heterocycles. The number of likely N-dealkylation sites (N-methyl/N-ethyl adjacent to an activating group) is 1. The summed E-state index contributed by atoms with van der Waals surface area (Å²) in [5.41, 5.74) is 1.02. The largest absolute Gasteiger partial charge is 0.468 e. The zero-order valence-corrected chi connectivity index (χ0v) is 14.9. The summed E-state index contributed by atoms with van der Waals surface area (Å²) < 4.78 is 4.74. The van der Waals surface area contributed by atoms with Gasteiger partial charge in [0.25, 0.3) is 0 Å². The molecule has 2 heterocycles. The quantitative estimate of drug-likeness (QED) is 0.773. The van der Waals surface area contributed by atoms with E-state index in [9.17, 15) is 4.79 Å². The van der Waals surface area contributed by atoms with Gasteiger partial charge in [-0.25, -0.2) is 9.97 Å². The number of ether oxygens (including phenoxy) is 1. The van der Waals surface area contributed by atoms with Gasteiger partial charge in [-0.3, -0.25) is 9.69 Å². The standard InChI is InChI=1S/C17H28N4O2/c1-12(2)17-18-13(3)10-15(19-17)21-8-6-14(7-9-21)20(4)11-16(22)23-5/h10,12,14H,6-9,11H2,1-5H3. The van der Waals surface area contributed by atoms with Gasteiger partial charge in [0.15, 0.2) is 0 Å². The van der Waals surface area contributed by atoms with E-state index in [4.69, 9.17) is 9.72 Å². The minimum Gasteiger partial charge on any atom is -0.468 e. The lowest BCUT2D eigenvalue weighted by Crippen LogP contribution is -2.45. The van der Waals surface area contributed by atoms with Gasteiger partial charge in [-0.1, -0.05) is 13.8 Å². The number of aromatic nitrogens is 2. The third-order valence-corrected chi connectivity index (χ3v) is 4.39. The number of hydrogen-bond donors (Lipinski definition) is 0. The molecule has 1 aromatic heterocycles. The van der Waals surface area contributed by atoms with Gasteiger partial charge in [-0.2, -0.15) is 0 Å². The van der Waals surface area contributed by atoms with Crippen molar-refractivity contribution >= 4 is 11.8 Å². The number of hydrogen-bond acceptors (Lipinski definition) is 6. The predicted octanol–water partition coefficient (Wildman–Crippen LogP) is 1.98. The van der Waals surface area contributed by atoms with Crippen LogP contribution in [-0.4, -0.2) is 60.7 Å². The molecular weight excluding hydrogens is 292 g/mol. The summed E-state index contributed by atoms with van der Waals surface area (Å²) in [6.45, 7) is 8.51. The molecule has 0 bridgehead atoms. The van der Waals surface area contributed by atoms with Crippen LogP contribution >= 0.6 is 0 Å². The lowest BCUT2D eigenvalue weighted by molar-refractivity contribution is -0.142. The fraction of sp³-hybridized carbons (Fsp3) is 0.706. The van der Waals surface area contributed by atoms with Crippen LogP contribution in [0.25, 0.3) is 0 Å². The van der Waals surface area contributed by atoms with Crippen LogP contribution in [-0.2, 0) is 9.53 Å². The van der Waals surface area contributed by atoms with Gasteiger partial charge >= 0.3 is 5.97 Å². The smallest absolute Gasteiger partial charge is 0.319 e. The second-order valence-electron chi connectivity index (χ2n) is 6.59. The van der Waals surface area contributed by atoms with Crippen LogP contribution in [0.2, 0.25) is 0 Å². The Labute approximate surface area is 138 Å². The van der Waals surface area contributed by atoms with Gasteiger partial charge in [0, 0.05) is 36.8 Å². The van der Waals surface area contributed by atoms with Crippen LogP contribution in [0.5, 0.6) is 0 Å². The molecule has 2 rings (SSSR count). The van der Waals surface area contributed by atoms with Crippen molar-refractivity contribution in [3.05, 3.63) is 17.6 Å². The molecule has 6 heteroatoms. The number of carbonyl (C=O) groups excluding carboxylic acids is 1. The lowest BCUT2D eigenvalue weighted by atomic mass is 10.0. The van der Waals surface area contributed by atoms with E-state index in [1.54, 1.807) is 0 Å². The second kappa shape index (κ2) is 7.73. The molecule has 1 saturated heterocycles. The molecule has 128 valence electrons. The highest BCUT2D eigenvalue weighted by atomic mass is 16.5. The minimum absolute atomic E-state index is 0.178. The monoisotopic (exact) mass is 320 g/mol. The van der Waals surface area contributed by atoms with Gasteiger partial charge in [0.1, 0.15) is 11.6 Å². The highest BCUT2D eigenvalue weighted by Gasteiger charge is 2.25. The maximum atomic E-state index is 11.4. The normalized spacial score (nSPS) is 16.2. The van der Waals surface area contributed by atoms with E-state index in [0.29, 0.717) is 18.5 Å². The number of piperidine rings is 1. The summed E-state index contributed by atoms with van der Waals surface area (Å²) in [5.74, 6) is 2.08. The molecule has 1 aliphatic rings. The van der Waals surface area contributed by atoms with Crippen molar-refractivity contribution in [3.8, 4) is 0 Å². The van der Waals surface area contributed by atoms with Gasteiger partial charge in [-0.05, 0) is 26.8 Å². The van der Waals surface area contributed by atoms with E-state index in [-0.39, 0.29) is 5.97 Å². The summed E-state index contributed by atoms with van der Waals surface area (Å²) in [4.78, 5) is 25.0. The van der Waals surface area contributed by atoms with Crippen molar-refractivity contribution in [1.82, 2.24) is 14.9 Å². The Hall–Kier alpha value is -1.69. The fourth-order valence-corrected chi connectivity index (χ4v) is 2.93. The topological polar surface area (TPSA) is 58.6 Å². The summed E-state index contributed by atoms with van der Waals surface area (Å²) in [6, 6.07) is 2.47. The Morgan fingerprint density at radius 3 is 2.61 bits per heavy atom. The number of nitrogens with zero attached hydrogens (tertiary/aromatic N) is 4. The highest BCUT2D eigenvalue weighted by Crippen LogP contribution is 2.22. The molecule has 0 amide bonds. The molecule has 0 spiro atoms. The van der Waals surface area contributed by atoms with E-state index in [2.05, 4.69) is 34.7 Å². The van der Waals surface area contributed by atoms with Crippen molar-refractivity contribution in [1.29, 1.82) is 0 Å². The van der Waals surface area contributed by atoms with E-state index < -0.39 is 0 Å². The molecule has 0 N–H and O–H groups in total. The second-order valence-corrected chi connectivity index (χ2v) is 6.59. The van der Waals surface area contributed by atoms with Crippen LogP contribution < -0.4 is 4.90 Å². The van der Waals surface area contributed by atoms with Crippen LogP contribution in [0.4, 0.5) is 5.82 Å². The average Bonchev–Trinajstić information content (AvgIpc) is 2.54. The zero-order valence-electron chi connectivity index (χ0n) is 14.9. The van der Waals surface area contributed by atoms with Crippen molar-refractivity contribution < 1.29 is 9.53 Å². The maximum Gasteiger partial charge on any atom is 0.319 e. The Kier molecular flexibility index (Phi) is 5.93. The Bertz CT molecular complexity index is 539. The van der Waals surface area contributed by atoms with E-state index in [1.165, 1.54) is 7.11 Å². The van der Waals surface area contributed by atoms with Crippen molar-refractivity contribution in [2.45, 2.75) is 45.6 Å². The van der Waals surface area contributed by atoms with Gasteiger partial charge in [-0.15, -0.1) is 0 Å². The molecular formula is C17H28N4O2. The predicted molar refractivity (Wildman–Crippen MR) is 90.7 cm³/mol. The number of anilines is 1. The molecule has 0 radical (unpaired) electrons. The summed E-state index contributed by atoms with van der Waals surface area (Å²) in [7, 11) is 3.42. The number of aryl methyl sites for hydroxylation is 1. The van der Waals surface area contributed by atoms with Crippen LogP contribution in [0.15, 0.2) is 6.07 Å².